The number of pyridine rings is 3. The van der Waals surface area contributed by atoms with Crippen molar-refractivity contribution in [2.24, 2.45) is 0 Å². The molecule has 0 atom stereocenters. The average Bonchev–Trinajstić information content (AvgIpc) is 2.98. The highest BCUT2D eigenvalue weighted by molar-refractivity contribution is 6.04. The van der Waals surface area contributed by atoms with Gasteiger partial charge in [0.15, 0.2) is 23.1 Å². The number of ether oxygens (including phenoxy) is 3. The molecule has 5 rings (SSSR count). The van der Waals surface area contributed by atoms with Gasteiger partial charge >= 0.3 is 0 Å². The average molecular weight is 605 g/mol. The first-order valence-corrected chi connectivity index (χ1v) is 13.2. The molecule has 3 aromatic heterocycles. The van der Waals surface area contributed by atoms with Gasteiger partial charge in [-0.1, -0.05) is 30.3 Å². The summed E-state index contributed by atoms with van der Waals surface area (Å²) < 4.78 is 33.5. The molecule has 2 aromatic carbocycles. The second-order valence-electron chi connectivity index (χ2n) is 9.78. The number of anilines is 1. The van der Waals surface area contributed by atoms with Crippen LogP contribution in [-0.2, 0) is 0 Å². The monoisotopic (exact) mass is 604 g/mol. The zero-order chi connectivity index (χ0) is 30.0. The Hall–Kier alpha value is -4.96. The third-order valence-corrected chi connectivity index (χ3v) is 6.78. The molecule has 0 aliphatic rings. The number of rotatable bonds is 8. The molecule has 222 valence electrons. The first-order chi connectivity index (χ1) is 20.2. The highest BCUT2D eigenvalue weighted by Crippen LogP contribution is 2.35. The molecule has 1 amide bonds. The molecule has 11 heteroatoms. The van der Waals surface area contributed by atoms with E-state index in [1.54, 1.807) is 18.3 Å². The number of hydrogen-bond acceptors (Lipinski definition) is 7. The second-order valence-corrected chi connectivity index (χ2v) is 9.78. The molecular formula is C32H30ClFN4O5. The normalized spacial score (nSPS) is 10.8. The Morgan fingerprint density at radius 3 is 2.37 bits per heavy atom. The number of nitrogens with zero attached hydrogens (tertiary/aromatic N) is 3. The van der Waals surface area contributed by atoms with Gasteiger partial charge in [-0.3, -0.25) is 14.6 Å². The number of aromatic nitrogens is 3. The first-order valence-electron chi connectivity index (χ1n) is 13.2. The molecular weight excluding hydrogens is 575 g/mol. The van der Waals surface area contributed by atoms with Crippen LogP contribution in [0.15, 0.2) is 77.9 Å². The van der Waals surface area contributed by atoms with Crippen LogP contribution in [-0.4, -0.2) is 34.7 Å². The molecule has 3 heterocycles. The smallest absolute Gasteiger partial charge is 0.261 e. The minimum Gasteiger partial charge on any atom is -0.491 e. The maximum absolute atomic E-state index is 15.2. The van der Waals surface area contributed by atoms with E-state index in [4.69, 9.17) is 14.2 Å². The minimum atomic E-state index is -0.730. The summed E-state index contributed by atoms with van der Waals surface area (Å²) in [5.41, 5.74) is 2.43. The lowest BCUT2D eigenvalue weighted by Crippen LogP contribution is -2.26. The van der Waals surface area contributed by atoms with Gasteiger partial charge in [-0.05, 0) is 38.5 Å². The third kappa shape index (κ3) is 6.14. The van der Waals surface area contributed by atoms with Crippen LogP contribution in [0, 0.1) is 12.7 Å². The number of carbonyl (C=O) groups is 1. The van der Waals surface area contributed by atoms with E-state index < -0.39 is 17.2 Å². The molecule has 0 saturated carbocycles. The second kappa shape index (κ2) is 12.9. The molecule has 0 aliphatic heterocycles. The van der Waals surface area contributed by atoms with E-state index in [9.17, 15) is 9.59 Å². The molecule has 0 radical (unpaired) electrons. The van der Waals surface area contributed by atoms with Crippen LogP contribution in [0.25, 0.3) is 22.2 Å². The highest BCUT2D eigenvalue weighted by Gasteiger charge is 2.21. The maximum Gasteiger partial charge on any atom is 0.261 e. The van der Waals surface area contributed by atoms with Crippen molar-refractivity contribution in [1.29, 1.82) is 0 Å². The topological polar surface area (TPSA) is 105 Å². The number of nitrogens with one attached hydrogen (secondary N) is 1. The van der Waals surface area contributed by atoms with Gasteiger partial charge in [0.05, 0.1) is 19.7 Å². The number of carbonyl (C=O) groups excluding carboxylic acids is 1. The SMILES string of the molecule is COc1cc2nccc(Oc3ccc(NC(=O)c4cn(C(C)C)c(C)c(-c5ccccc5)c4=O)cc3F)c2nc1OC.Cl. The number of amides is 1. The highest BCUT2D eigenvalue weighted by atomic mass is 35.5. The van der Waals surface area contributed by atoms with Crippen LogP contribution in [0.2, 0.25) is 0 Å². The van der Waals surface area contributed by atoms with Crippen molar-refractivity contribution < 1.29 is 23.4 Å². The Bertz CT molecular complexity index is 1860. The quantitative estimate of drug-likeness (QED) is 0.204. The standard InChI is InChI=1S/C32H29FN4O5.ClH/c1-18(2)37-17-22(30(38)28(19(37)3)20-9-7-6-8-10-20)31(39)35-21-11-12-25(23(33)15-21)42-26-13-14-34-24-16-27(40-4)32(41-5)36-29(24)26;/h6-18H,1-5H3,(H,35,39);1H. The summed E-state index contributed by atoms with van der Waals surface area (Å²) in [5, 5.41) is 2.65. The lowest BCUT2D eigenvalue weighted by atomic mass is 10.0. The van der Waals surface area contributed by atoms with Crippen molar-refractivity contribution >= 4 is 35.0 Å². The Morgan fingerprint density at radius 1 is 0.977 bits per heavy atom. The molecule has 1 N–H and O–H groups in total. The van der Waals surface area contributed by atoms with Gasteiger partial charge in [0.1, 0.15) is 11.1 Å². The fraction of sp³-hybridized carbons (Fsp3) is 0.188. The van der Waals surface area contributed by atoms with Gasteiger partial charge in [-0.25, -0.2) is 9.37 Å². The zero-order valence-electron chi connectivity index (χ0n) is 24.2. The van der Waals surface area contributed by atoms with Crippen LogP contribution in [0.3, 0.4) is 0 Å². The summed E-state index contributed by atoms with van der Waals surface area (Å²) in [7, 11) is 2.94. The van der Waals surface area contributed by atoms with E-state index in [0.29, 0.717) is 27.9 Å². The van der Waals surface area contributed by atoms with Crippen molar-refractivity contribution in [3.05, 3.63) is 100 Å². The van der Waals surface area contributed by atoms with Gasteiger partial charge < -0.3 is 24.1 Å². The summed E-state index contributed by atoms with van der Waals surface area (Å²) in [6, 6.07) is 16.4. The van der Waals surface area contributed by atoms with Crippen molar-refractivity contribution in [2.45, 2.75) is 26.8 Å². The van der Waals surface area contributed by atoms with E-state index in [-0.39, 0.29) is 47.1 Å². The van der Waals surface area contributed by atoms with E-state index in [2.05, 4.69) is 15.3 Å². The lowest BCUT2D eigenvalue weighted by molar-refractivity contribution is 0.102. The molecule has 0 saturated heterocycles. The van der Waals surface area contributed by atoms with Gasteiger partial charge in [0, 0.05) is 53.6 Å². The Balaban J connectivity index is 0.00000423. The fourth-order valence-electron chi connectivity index (χ4n) is 4.73. The number of halogens is 2. The molecule has 0 bridgehead atoms. The van der Waals surface area contributed by atoms with Crippen LogP contribution >= 0.6 is 12.4 Å². The van der Waals surface area contributed by atoms with E-state index in [1.165, 1.54) is 32.5 Å². The molecule has 9 nitrogen and oxygen atoms in total. The van der Waals surface area contributed by atoms with Crippen LogP contribution in [0.5, 0.6) is 23.1 Å². The molecule has 43 heavy (non-hydrogen) atoms. The number of hydrogen-bond donors (Lipinski definition) is 1. The van der Waals surface area contributed by atoms with Crippen molar-refractivity contribution in [1.82, 2.24) is 14.5 Å². The van der Waals surface area contributed by atoms with Gasteiger partial charge in [-0.2, -0.15) is 0 Å². The van der Waals surface area contributed by atoms with Crippen molar-refractivity contribution in [3.8, 4) is 34.3 Å². The van der Waals surface area contributed by atoms with Crippen LogP contribution < -0.4 is 25.0 Å². The van der Waals surface area contributed by atoms with E-state index in [1.807, 2.05) is 55.7 Å². The zero-order valence-corrected chi connectivity index (χ0v) is 25.0. The summed E-state index contributed by atoms with van der Waals surface area (Å²) in [6.07, 6.45) is 3.05. The molecule has 0 spiro atoms. The van der Waals surface area contributed by atoms with E-state index in [0.717, 1.165) is 11.8 Å². The van der Waals surface area contributed by atoms with Gasteiger partial charge in [0.25, 0.3) is 11.8 Å². The van der Waals surface area contributed by atoms with Gasteiger partial charge in [0.2, 0.25) is 5.43 Å². The largest absolute Gasteiger partial charge is 0.491 e. The Morgan fingerprint density at radius 2 is 1.72 bits per heavy atom. The summed E-state index contributed by atoms with van der Waals surface area (Å²) in [6.45, 7) is 5.79. The third-order valence-electron chi connectivity index (χ3n) is 6.78. The van der Waals surface area contributed by atoms with Gasteiger partial charge in [-0.15, -0.1) is 12.4 Å². The van der Waals surface area contributed by atoms with Crippen molar-refractivity contribution in [2.75, 3.05) is 19.5 Å². The Labute approximate surface area is 253 Å². The van der Waals surface area contributed by atoms with Crippen molar-refractivity contribution in [3.63, 3.8) is 0 Å². The maximum atomic E-state index is 15.2. The predicted octanol–water partition coefficient (Wildman–Crippen LogP) is 6.97. The summed E-state index contributed by atoms with van der Waals surface area (Å²) in [4.78, 5) is 35.5. The first kappa shape index (κ1) is 31.0. The number of methoxy groups -OCH3 is 2. The summed E-state index contributed by atoms with van der Waals surface area (Å²) >= 11 is 0. The fourth-order valence-corrected chi connectivity index (χ4v) is 4.73. The van der Waals surface area contributed by atoms with Crippen LogP contribution in [0.4, 0.5) is 10.1 Å². The number of fused-ring (bicyclic) bond motifs is 1. The molecule has 0 unspecified atom stereocenters. The summed E-state index contributed by atoms with van der Waals surface area (Å²) in [5.74, 6) is -0.605. The molecule has 5 aromatic rings. The molecule has 0 aliphatic carbocycles. The molecule has 0 fully saturated rings. The minimum absolute atomic E-state index is 0. The van der Waals surface area contributed by atoms with E-state index >= 15 is 4.39 Å². The Kier molecular flexibility index (Phi) is 9.30. The predicted molar refractivity (Wildman–Crippen MR) is 166 cm³/mol. The lowest BCUT2D eigenvalue weighted by Gasteiger charge is -2.20. The number of benzene rings is 2. The van der Waals surface area contributed by atoms with Crippen LogP contribution in [0.1, 0.15) is 35.9 Å².